The van der Waals surface area contributed by atoms with Gasteiger partial charge in [0.15, 0.2) is 0 Å². The van der Waals surface area contributed by atoms with Crippen molar-refractivity contribution in [2.75, 3.05) is 20.2 Å². The largest absolute Gasteiger partial charge is 0.497 e. The van der Waals surface area contributed by atoms with Crippen LogP contribution in [0.5, 0.6) is 5.75 Å². The fourth-order valence-electron chi connectivity index (χ4n) is 2.92. The molecule has 3 fully saturated rings. The third-order valence-electron chi connectivity index (χ3n) is 4.01. The van der Waals surface area contributed by atoms with Gasteiger partial charge in [-0.2, -0.15) is 0 Å². The van der Waals surface area contributed by atoms with Gasteiger partial charge in [0, 0.05) is 19.0 Å². The first kappa shape index (κ1) is 12.1. The Bertz CT molecular complexity index is 511. The van der Waals surface area contributed by atoms with Crippen LogP contribution in [0.1, 0.15) is 18.4 Å². The van der Waals surface area contributed by atoms with Crippen LogP contribution in [-0.4, -0.2) is 36.0 Å². The molecule has 100 valence electrons. The Hall–Kier alpha value is -1.97. The van der Waals surface area contributed by atoms with Gasteiger partial charge in [0.2, 0.25) is 0 Å². The highest BCUT2D eigenvalue weighted by atomic mass is 16.5. The van der Waals surface area contributed by atoms with Crippen molar-refractivity contribution >= 4 is 11.8 Å². The number of allylic oxidation sites excluding steroid dienone is 1. The van der Waals surface area contributed by atoms with E-state index in [9.17, 15) is 5.21 Å². The third kappa shape index (κ3) is 2.18. The minimum atomic E-state index is 0.416. The number of ether oxygens (including phenoxy) is 1. The zero-order chi connectivity index (χ0) is 13.2. The molecule has 0 unspecified atom stereocenters. The highest BCUT2D eigenvalue weighted by Gasteiger charge is 2.35. The molecule has 4 heteroatoms. The van der Waals surface area contributed by atoms with Crippen molar-refractivity contribution in [2.24, 2.45) is 11.1 Å². The predicted molar refractivity (Wildman–Crippen MR) is 74.5 cm³/mol. The number of benzene rings is 1. The van der Waals surface area contributed by atoms with E-state index in [-0.39, 0.29) is 0 Å². The molecule has 1 aromatic carbocycles. The fraction of sp³-hybridized carbons (Fsp3) is 0.400. The lowest BCUT2D eigenvalue weighted by atomic mass is 9.83. The highest BCUT2D eigenvalue weighted by molar-refractivity contribution is 6.05. The van der Waals surface area contributed by atoms with Gasteiger partial charge in [-0.3, -0.25) is 0 Å². The van der Waals surface area contributed by atoms with Crippen molar-refractivity contribution < 1.29 is 9.94 Å². The molecule has 4 nitrogen and oxygen atoms in total. The van der Waals surface area contributed by atoms with E-state index in [0.717, 1.165) is 48.7 Å². The van der Waals surface area contributed by atoms with E-state index >= 15 is 0 Å². The van der Waals surface area contributed by atoms with Gasteiger partial charge in [0.25, 0.3) is 0 Å². The number of hydrogen-bond acceptors (Lipinski definition) is 4. The van der Waals surface area contributed by atoms with Crippen molar-refractivity contribution in [2.45, 2.75) is 12.8 Å². The maximum absolute atomic E-state index is 9.24. The van der Waals surface area contributed by atoms with Crippen LogP contribution in [0.25, 0.3) is 6.08 Å². The number of oxime groups is 1. The molecule has 0 aromatic heterocycles. The van der Waals surface area contributed by atoms with Crippen molar-refractivity contribution in [1.29, 1.82) is 0 Å². The second-order valence-corrected chi connectivity index (χ2v) is 5.05. The van der Waals surface area contributed by atoms with Gasteiger partial charge in [-0.25, -0.2) is 0 Å². The molecular formula is C15H18N2O2. The maximum Gasteiger partial charge on any atom is 0.118 e. The Morgan fingerprint density at radius 3 is 2.53 bits per heavy atom. The standard InChI is InChI=1S/C15H18N2O2/c1-19-13-4-2-11(3-5-13)10-14-15(16-18)12-6-8-17(14)9-7-12/h2-5,10,12,18H,6-9H2,1H3/b14-10?,16-15+. The van der Waals surface area contributed by atoms with Crippen LogP contribution in [0.2, 0.25) is 0 Å². The summed E-state index contributed by atoms with van der Waals surface area (Å²) in [7, 11) is 1.66. The van der Waals surface area contributed by atoms with Gasteiger partial charge >= 0.3 is 0 Å². The van der Waals surface area contributed by atoms with Gasteiger partial charge in [0.1, 0.15) is 11.5 Å². The van der Waals surface area contributed by atoms with Gasteiger partial charge in [-0.1, -0.05) is 17.3 Å². The molecule has 0 amide bonds. The number of rotatable bonds is 2. The Balaban J connectivity index is 1.92. The molecule has 0 spiro atoms. The molecule has 19 heavy (non-hydrogen) atoms. The van der Waals surface area contributed by atoms with Crippen molar-refractivity contribution in [3.8, 4) is 5.75 Å². The third-order valence-corrected chi connectivity index (χ3v) is 4.01. The van der Waals surface area contributed by atoms with Gasteiger partial charge in [-0.05, 0) is 36.6 Å². The van der Waals surface area contributed by atoms with Gasteiger partial charge < -0.3 is 14.8 Å². The van der Waals surface area contributed by atoms with E-state index in [1.165, 1.54) is 0 Å². The second-order valence-electron chi connectivity index (χ2n) is 5.05. The molecule has 0 aliphatic carbocycles. The molecule has 0 saturated carbocycles. The number of fused-ring (bicyclic) bond motifs is 3. The molecule has 0 atom stereocenters. The minimum Gasteiger partial charge on any atom is -0.497 e. The zero-order valence-corrected chi connectivity index (χ0v) is 11.0. The number of hydrogen-bond donors (Lipinski definition) is 1. The first-order chi connectivity index (χ1) is 9.31. The molecule has 1 aromatic rings. The number of methoxy groups -OCH3 is 1. The van der Waals surface area contributed by atoms with E-state index in [1.54, 1.807) is 7.11 Å². The van der Waals surface area contributed by atoms with Crippen molar-refractivity contribution in [1.82, 2.24) is 4.90 Å². The molecule has 4 rings (SSSR count). The molecular weight excluding hydrogens is 240 g/mol. The van der Waals surface area contributed by atoms with E-state index in [2.05, 4.69) is 16.1 Å². The maximum atomic E-state index is 9.24. The predicted octanol–water partition coefficient (Wildman–Crippen LogP) is 2.59. The van der Waals surface area contributed by atoms with Crippen LogP contribution in [0.15, 0.2) is 35.1 Å². The normalized spacial score (nSPS) is 23.3. The topological polar surface area (TPSA) is 45.1 Å². The quantitative estimate of drug-likeness (QED) is 0.655. The van der Waals surface area contributed by atoms with Crippen molar-refractivity contribution in [3.63, 3.8) is 0 Å². The summed E-state index contributed by atoms with van der Waals surface area (Å²) in [4.78, 5) is 2.30. The molecule has 0 radical (unpaired) electrons. The SMILES string of the molecule is COc1ccc(C=C2/C(=N/O)C3CCN2CC3)cc1. The van der Waals surface area contributed by atoms with E-state index in [0.29, 0.717) is 5.92 Å². The lowest BCUT2D eigenvalue weighted by molar-refractivity contribution is 0.229. The zero-order valence-electron chi connectivity index (χ0n) is 11.0. The van der Waals surface area contributed by atoms with Crippen LogP contribution in [-0.2, 0) is 0 Å². The molecule has 1 N–H and O–H groups in total. The summed E-state index contributed by atoms with van der Waals surface area (Å²) in [6.07, 6.45) is 4.29. The monoisotopic (exact) mass is 258 g/mol. The molecule has 3 aliphatic heterocycles. The Morgan fingerprint density at radius 2 is 1.95 bits per heavy atom. The van der Waals surface area contributed by atoms with Crippen molar-refractivity contribution in [3.05, 3.63) is 35.5 Å². The van der Waals surface area contributed by atoms with Crippen LogP contribution < -0.4 is 4.74 Å². The average Bonchev–Trinajstić information content (AvgIpc) is 2.49. The summed E-state index contributed by atoms with van der Waals surface area (Å²) in [6, 6.07) is 7.92. The lowest BCUT2D eigenvalue weighted by Crippen LogP contribution is -2.46. The van der Waals surface area contributed by atoms with Gasteiger partial charge in [0.05, 0.1) is 12.8 Å². The van der Waals surface area contributed by atoms with Crippen LogP contribution >= 0.6 is 0 Å². The molecule has 3 heterocycles. The fourth-order valence-corrected chi connectivity index (χ4v) is 2.92. The summed E-state index contributed by atoms with van der Waals surface area (Å²) >= 11 is 0. The first-order valence-corrected chi connectivity index (χ1v) is 6.65. The minimum absolute atomic E-state index is 0.416. The molecule has 3 saturated heterocycles. The Kier molecular flexibility index (Phi) is 3.15. The number of piperidine rings is 3. The van der Waals surface area contributed by atoms with Crippen LogP contribution in [0.3, 0.4) is 0 Å². The summed E-state index contributed by atoms with van der Waals surface area (Å²) in [6.45, 7) is 2.12. The lowest BCUT2D eigenvalue weighted by Gasteiger charge is -2.42. The van der Waals surface area contributed by atoms with E-state index in [1.807, 2.05) is 24.3 Å². The smallest absolute Gasteiger partial charge is 0.118 e. The van der Waals surface area contributed by atoms with Gasteiger partial charge in [-0.15, -0.1) is 0 Å². The second kappa shape index (κ2) is 4.96. The van der Waals surface area contributed by atoms with Crippen LogP contribution in [0.4, 0.5) is 0 Å². The first-order valence-electron chi connectivity index (χ1n) is 6.65. The van der Waals surface area contributed by atoms with Crippen LogP contribution in [0, 0.1) is 5.92 Å². The van der Waals surface area contributed by atoms with E-state index in [4.69, 9.17) is 4.74 Å². The Morgan fingerprint density at radius 1 is 1.26 bits per heavy atom. The summed E-state index contributed by atoms with van der Waals surface area (Å²) in [5.41, 5.74) is 3.01. The van der Waals surface area contributed by atoms with E-state index < -0.39 is 0 Å². The summed E-state index contributed by atoms with van der Waals surface area (Å²) in [5.74, 6) is 1.27. The number of nitrogens with zero attached hydrogens (tertiary/aromatic N) is 2. The molecule has 2 bridgehead atoms. The highest BCUT2D eigenvalue weighted by Crippen LogP contribution is 2.33. The summed E-state index contributed by atoms with van der Waals surface area (Å²) in [5, 5.41) is 12.8. The molecule has 3 aliphatic rings. The average molecular weight is 258 g/mol. The summed E-state index contributed by atoms with van der Waals surface area (Å²) < 4.78 is 5.16. The Labute approximate surface area is 113 Å².